The molecule has 1 aliphatic heterocycles. The Balaban J connectivity index is 1.47. The molecule has 0 bridgehead atoms. The molecule has 5 nitrogen and oxygen atoms in total. The van der Waals surface area contributed by atoms with Crippen LogP contribution in [0.2, 0.25) is 0 Å². The van der Waals surface area contributed by atoms with E-state index in [1.807, 2.05) is 13.8 Å². The molecule has 2 fully saturated rings. The molecule has 1 unspecified atom stereocenters. The maximum Gasteiger partial charge on any atom is 0.343 e. The van der Waals surface area contributed by atoms with Crippen LogP contribution in [0.4, 0.5) is 0 Å². The average molecular weight is 346 g/mol. The zero-order chi connectivity index (χ0) is 17.8. The van der Waals surface area contributed by atoms with E-state index in [2.05, 4.69) is 27.1 Å². The lowest BCUT2D eigenvalue weighted by atomic mass is 10.0. The van der Waals surface area contributed by atoms with Crippen LogP contribution < -0.4 is 10.1 Å². The fourth-order valence-corrected chi connectivity index (χ4v) is 3.78. The van der Waals surface area contributed by atoms with Crippen LogP contribution in [-0.4, -0.2) is 50.3 Å². The molecule has 0 aromatic heterocycles. The SMILES string of the molecule is COC(=O)COc1c(C)cc(CNCC2CCN(C3CC3)C2)cc1C. The summed E-state index contributed by atoms with van der Waals surface area (Å²) < 4.78 is 10.2. The molecule has 1 aliphatic carbocycles. The van der Waals surface area contributed by atoms with Gasteiger partial charge in [-0.15, -0.1) is 0 Å². The second-order valence-corrected chi connectivity index (χ2v) is 7.44. The van der Waals surface area contributed by atoms with Crippen LogP contribution in [0.15, 0.2) is 12.1 Å². The van der Waals surface area contributed by atoms with E-state index in [1.165, 1.54) is 45.0 Å². The lowest BCUT2D eigenvalue weighted by Gasteiger charge is -2.16. The van der Waals surface area contributed by atoms with Gasteiger partial charge in [0.2, 0.25) is 0 Å². The summed E-state index contributed by atoms with van der Waals surface area (Å²) in [6.07, 6.45) is 4.13. The van der Waals surface area contributed by atoms with Gasteiger partial charge in [-0.25, -0.2) is 4.79 Å². The number of hydrogen-bond acceptors (Lipinski definition) is 5. The maximum atomic E-state index is 11.3. The lowest BCUT2D eigenvalue weighted by Crippen LogP contribution is -2.27. The molecular weight excluding hydrogens is 316 g/mol. The maximum absolute atomic E-state index is 11.3. The third kappa shape index (κ3) is 4.95. The Morgan fingerprint density at radius 1 is 1.24 bits per heavy atom. The molecule has 0 amide bonds. The highest BCUT2D eigenvalue weighted by Gasteiger charge is 2.33. The number of rotatable bonds is 8. The second-order valence-electron chi connectivity index (χ2n) is 7.44. The number of benzene rings is 1. The number of nitrogens with zero attached hydrogens (tertiary/aromatic N) is 1. The normalized spacial score (nSPS) is 20.7. The zero-order valence-electron chi connectivity index (χ0n) is 15.6. The summed E-state index contributed by atoms with van der Waals surface area (Å²) in [5.74, 6) is 1.21. The topological polar surface area (TPSA) is 50.8 Å². The van der Waals surface area contributed by atoms with Crippen molar-refractivity contribution in [1.82, 2.24) is 10.2 Å². The molecule has 2 aliphatic rings. The third-order valence-electron chi connectivity index (χ3n) is 5.22. The molecule has 1 aromatic carbocycles. The van der Waals surface area contributed by atoms with Crippen molar-refractivity contribution < 1.29 is 14.3 Å². The van der Waals surface area contributed by atoms with Crippen molar-refractivity contribution in [3.05, 3.63) is 28.8 Å². The van der Waals surface area contributed by atoms with Gasteiger partial charge >= 0.3 is 5.97 Å². The monoisotopic (exact) mass is 346 g/mol. The number of aryl methyl sites for hydroxylation is 2. The van der Waals surface area contributed by atoms with Crippen molar-refractivity contribution in [2.75, 3.05) is 33.4 Å². The Morgan fingerprint density at radius 3 is 2.60 bits per heavy atom. The first-order valence-electron chi connectivity index (χ1n) is 9.31. The molecule has 0 spiro atoms. The van der Waals surface area contributed by atoms with E-state index < -0.39 is 0 Å². The van der Waals surface area contributed by atoms with Crippen LogP contribution in [0.1, 0.15) is 36.0 Å². The highest BCUT2D eigenvalue weighted by Crippen LogP contribution is 2.31. The summed E-state index contributed by atoms with van der Waals surface area (Å²) in [7, 11) is 1.37. The van der Waals surface area contributed by atoms with Crippen LogP contribution in [0.5, 0.6) is 5.75 Å². The molecule has 5 heteroatoms. The number of esters is 1. The van der Waals surface area contributed by atoms with Crippen molar-refractivity contribution in [3.63, 3.8) is 0 Å². The predicted octanol–water partition coefficient (Wildman–Crippen LogP) is 2.43. The van der Waals surface area contributed by atoms with Gasteiger partial charge in [-0.2, -0.15) is 0 Å². The van der Waals surface area contributed by atoms with Gasteiger partial charge in [0.25, 0.3) is 0 Å². The largest absolute Gasteiger partial charge is 0.481 e. The van der Waals surface area contributed by atoms with Gasteiger partial charge in [0.15, 0.2) is 6.61 Å². The summed E-state index contributed by atoms with van der Waals surface area (Å²) in [4.78, 5) is 13.9. The molecule has 0 radical (unpaired) electrons. The van der Waals surface area contributed by atoms with Crippen LogP contribution in [0.3, 0.4) is 0 Å². The fraction of sp³-hybridized carbons (Fsp3) is 0.650. The Hall–Kier alpha value is -1.59. The van der Waals surface area contributed by atoms with E-state index in [9.17, 15) is 4.79 Å². The first kappa shape index (κ1) is 18.2. The minimum atomic E-state index is -0.360. The van der Waals surface area contributed by atoms with Crippen molar-refractivity contribution >= 4 is 5.97 Å². The van der Waals surface area contributed by atoms with Gasteiger partial charge in [-0.3, -0.25) is 0 Å². The van der Waals surface area contributed by atoms with E-state index in [0.29, 0.717) is 0 Å². The molecule has 3 rings (SSSR count). The van der Waals surface area contributed by atoms with Gasteiger partial charge in [0, 0.05) is 19.1 Å². The summed E-state index contributed by atoms with van der Waals surface area (Å²) in [5.41, 5.74) is 3.38. The molecule has 1 saturated carbocycles. The van der Waals surface area contributed by atoms with E-state index in [4.69, 9.17) is 4.74 Å². The number of hydrogen-bond donors (Lipinski definition) is 1. The number of nitrogens with one attached hydrogen (secondary N) is 1. The highest BCUT2D eigenvalue weighted by molar-refractivity contribution is 5.71. The molecule has 1 N–H and O–H groups in total. The first-order valence-corrected chi connectivity index (χ1v) is 9.31. The van der Waals surface area contributed by atoms with Crippen LogP contribution in [0, 0.1) is 19.8 Å². The molecule has 138 valence electrons. The highest BCUT2D eigenvalue weighted by atomic mass is 16.6. The van der Waals surface area contributed by atoms with Gasteiger partial charge in [-0.05, 0) is 68.8 Å². The molecule has 1 atom stereocenters. The summed E-state index contributed by atoms with van der Waals surface area (Å²) >= 11 is 0. The minimum absolute atomic E-state index is 0.0467. The standard InChI is InChI=1S/C20H30N2O3/c1-14-8-17(9-15(2)20(14)25-13-19(23)24-3)11-21-10-16-6-7-22(12-16)18-4-5-18/h8-9,16,18,21H,4-7,10-13H2,1-3H3. The summed E-state index contributed by atoms with van der Waals surface area (Å²) in [5, 5.41) is 3.62. The van der Waals surface area contributed by atoms with Gasteiger partial charge in [0.1, 0.15) is 5.75 Å². The Bertz CT molecular complexity index is 590. The molecule has 1 heterocycles. The van der Waals surface area contributed by atoms with Gasteiger partial charge in [0.05, 0.1) is 7.11 Å². The fourth-order valence-electron chi connectivity index (χ4n) is 3.78. The van der Waals surface area contributed by atoms with Gasteiger partial charge in [-0.1, -0.05) is 12.1 Å². The number of carbonyl (C=O) groups is 1. The van der Waals surface area contributed by atoms with E-state index >= 15 is 0 Å². The van der Waals surface area contributed by atoms with E-state index in [1.54, 1.807) is 0 Å². The van der Waals surface area contributed by atoms with E-state index in [0.717, 1.165) is 41.9 Å². The lowest BCUT2D eigenvalue weighted by molar-refractivity contribution is -0.142. The molecule has 25 heavy (non-hydrogen) atoms. The Kier molecular flexibility index (Phi) is 5.97. The van der Waals surface area contributed by atoms with Gasteiger partial charge < -0.3 is 19.7 Å². The third-order valence-corrected chi connectivity index (χ3v) is 5.22. The van der Waals surface area contributed by atoms with Crippen molar-refractivity contribution in [2.24, 2.45) is 5.92 Å². The van der Waals surface area contributed by atoms with Crippen molar-refractivity contribution in [3.8, 4) is 5.75 Å². The smallest absolute Gasteiger partial charge is 0.343 e. The number of likely N-dealkylation sites (tertiary alicyclic amines) is 1. The van der Waals surface area contributed by atoms with Crippen LogP contribution in [0.25, 0.3) is 0 Å². The van der Waals surface area contributed by atoms with Crippen molar-refractivity contribution in [1.29, 1.82) is 0 Å². The molecule has 1 saturated heterocycles. The number of methoxy groups -OCH3 is 1. The number of ether oxygens (including phenoxy) is 2. The Labute approximate surface area is 150 Å². The summed E-state index contributed by atoms with van der Waals surface area (Å²) in [6, 6.07) is 5.17. The molecular formula is C20H30N2O3. The summed E-state index contributed by atoms with van der Waals surface area (Å²) in [6.45, 7) is 8.49. The predicted molar refractivity (Wildman–Crippen MR) is 97.8 cm³/mol. The van der Waals surface area contributed by atoms with E-state index in [-0.39, 0.29) is 12.6 Å². The Morgan fingerprint density at radius 2 is 1.96 bits per heavy atom. The van der Waals surface area contributed by atoms with Crippen molar-refractivity contribution in [2.45, 2.75) is 45.7 Å². The number of carbonyl (C=O) groups excluding carboxylic acids is 1. The average Bonchev–Trinajstić information content (AvgIpc) is 3.33. The second kappa shape index (κ2) is 8.19. The zero-order valence-corrected chi connectivity index (χ0v) is 15.6. The van der Waals surface area contributed by atoms with Crippen LogP contribution in [-0.2, 0) is 16.1 Å². The van der Waals surface area contributed by atoms with Crippen LogP contribution >= 0.6 is 0 Å². The first-order chi connectivity index (χ1) is 12.1. The molecule has 1 aromatic rings. The quantitative estimate of drug-likeness (QED) is 0.733. The minimum Gasteiger partial charge on any atom is -0.481 e.